The first-order valence-corrected chi connectivity index (χ1v) is 8.70. The van der Waals surface area contributed by atoms with Gasteiger partial charge in [0, 0.05) is 30.6 Å². The van der Waals surface area contributed by atoms with Crippen LogP contribution in [0.15, 0.2) is 30.3 Å². The second-order valence-electron chi connectivity index (χ2n) is 6.90. The molecule has 1 aromatic heterocycles. The molecule has 0 aliphatic carbocycles. The van der Waals surface area contributed by atoms with Gasteiger partial charge in [0.15, 0.2) is 5.82 Å². The first-order chi connectivity index (χ1) is 12.0. The minimum atomic E-state index is -0.0444. The van der Waals surface area contributed by atoms with Crippen molar-refractivity contribution < 1.29 is 9.59 Å². The first-order valence-electron chi connectivity index (χ1n) is 8.70. The molecule has 1 aliphatic heterocycles. The van der Waals surface area contributed by atoms with Crippen LogP contribution in [0.5, 0.6) is 0 Å². The van der Waals surface area contributed by atoms with Gasteiger partial charge in [0.05, 0.1) is 13.0 Å². The molecule has 0 saturated carbocycles. The van der Waals surface area contributed by atoms with Gasteiger partial charge in [0.25, 0.3) is 0 Å². The van der Waals surface area contributed by atoms with Crippen LogP contribution < -0.4 is 5.32 Å². The lowest BCUT2D eigenvalue weighted by Gasteiger charge is -2.27. The van der Waals surface area contributed by atoms with E-state index in [2.05, 4.69) is 15.5 Å². The van der Waals surface area contributed by atoms with Crippen LogP contribution in [0.4, 0.5) is 5.82 Å². The lowest BCUT2D eigenvalue weighted by Crippen LogP contribution is -2.37. The van der Waals surface area contributed by atoms with Crippen LogP contribution in [-0.4, -0.2) is 33.5 Å². The number of hydrogen-bond acceptors (Lipinski definition) is 3. The molecule has 0 unspecified atom stereocenters. The highest BCUT2D eigenvalue weighted by Gasteiger charge is 2.26. The van der Waals surface area contributed by atoms with Gasteiger partial charge in [-0.1, -0.05) is 44.2 Å². The van der Waals surface area contributed by atoms with E-state index in [9.17, 15) is 9.59 Å². The van der Waals surface area contributed by atoms with Crippen molar-refractivity contribution >= 4 is 17.6 Å². The fourth-order valence-corrected chi connectivity index (χ4v) is 3.05. The third-order valence-corrected chi connectivity index (χ3v) is 4.34. The van der Waals surface area contributed by atoms with Crippen molar-refractivity contribution in [3.63, 3.8) is 0 Å². The average Bonchev–Trinajstić information content (AvgIpc) is 2.97. The second-order valence-corrected chi connectivity index (χ2v) is 6.90. The molecule has 0 fully saturated rings. The molecular weight excluding hydrogens is 316 g/mol. The van der Waals surface area contributed by atoms with Gasteiger partial charge in [0.1, 0.15) is 0 Å². The number of anilines is 1. The number of aromatic nitrogens is 2. The van der Waals surface area contributed by atoms with E-state index in [1.165, 1.54) is 0 Å². The molecule has 1 aromatic carbocycles. The van der Waals surface area contributed by atoms with Crippen molar-refractivity contribution in [2.75, 3.05) is 11.9 Å². The van der Waals surface area contributed by atoms with Gasteiger partial charge in [0.2, 0.25) is 11.8 Å². The maximum absolute atomic E-state index is 12.6. The highest BCUT2D eigenvalue weighted by atomic mass is 16.2. The number of hydrogen-bond donors (Lipinski definition) is 2. The van der Waals surface area contributed by atoms with E-state index in [-0.39, 0.29) is 11.8 Å². The van der Waals surface area contributed by atoms with Crippen LogP contribution in [0.2, 0.25) is 0 Å². The summed E-state index contributed by atoms with van der Waals surface area (Å²) in [4.78, 5) is 26.4. The minimum absolute atomic E-state index is 0.0444. The number of carbonyl (C=O) groups excluding carboxylic acids is 2. The lowest BCUT2D eigenvalue weighted by atomic mass is 10.1. The maximum Gasteiger partial charge on any atom is 0.227 e. The molecule has 0 atom stereocenters. The Morgan fingerprint density at radius 3 is 2.76 bits per heavy atom. The first kappa shape index (κ1) is 17.2. The topological polar surface area (TPSA) is 78.1 Å². The average molecular weight is 340 g/mol. The molecule has 6 heteroatoms. The summed E-state index contributed by atoms with van der Waals surface area (Å²) >= 11 is 0. The summed E-state index contributed by atoms with van der Waals surface area (Å²) in [6.45, 7) is 5.15. The highest BCUT2D eigenvalue weighted by Crippen LogP contribution is 2.24. The third-order valence-electron chi connectivity index (χ3n) is 4.34. The van der Waals surface area contributed by atoms with E-state index in [0.29, 0.717) is 37.7 Å². The van der Waals surface area contributed by atoms with E-state index >= 15 is 0 Å². The Balaban J connectivity index is 1.67. The van der Waals surface area contributed by atoms with E-state index in [1.807, 2.05) is 49.1 Å². The second kappa shape index (κ2) is 7.51. The Bertz CT molecular complexity index is 752. The summed E-state index contributed by atoms with van der Waals surface area (Å²) in [6.07, 6.45) is 1.57. The van der Waals surface area contributed by atoms with E-state index in [1.54, 1.807) is 0 Å². The molecule has 6 nitrogen and oxygen atoms in total. The molecule has 0 saturated heterocycles. The number of aromatic amines is 1. The summed E-state index contributed by atoms with van der Waals surface area (Å²) < 4.78 is 0. The Morgan fingerprint density at radius 2 is 2.04 bits per heavy atom. The Hall–Kier alpha value is -2.63. The molecule has 1 aliphatic rings. The molecule has 25 heavy (non-hydrogen) atoms. The van der Waals surface area contributed by atoms with Crippen molar-refractivity contribution in [1.29, 1.82) is 0 Å². The predicted molar refractivity (Wildman–Crippen MR) is 95.9 cm³/mol. The van der Waals surface area contributed by atoms with Crippen LogP contribution in [0.25, 0.3) is 0 Å². The zero-order valence-corrected chi connectivity index (χ0v) is 14.7. The fourth-order valence-electron chi connectivity index (χ4n) is 3.05. The molecule has 0 bridgehead atoms. The molecule has 0 radical (unpaired) electrons. The number of nitrogens with one attached hydrogen (secondary N) is 2. The highest BCUT2D eigenvalue weighted by molar-refractivity contribution is 5.90. The number of H-pyrrole nitrogens is 1. The van der Waals surface area contributed by atoms with Crippen molar-refractivity contribution in [2.24, 2.45) is 5.92 Å². The largest absolute Gasteiger partial charge is 0.337 e. The van der Waals surface area contributed by atoms with Crippen LogP contribution in [0.1, 0.15) is 37.1 Å². The molecule has 2 heterocycles. The summed E-state index contributed by atoms with van der Waals surface area (Å²) in [5, 5.41) is 10.1. The molecule has 2 aromatic rings. The Labute approximate surface area is 147 Å². The standard InChI is InChI=1S/C19H24N4O2/c1-13(2)10-17(24)20-19-15-12-23(9-8-16(15)21-22-19)18(25)11-14-6-4-3-5-7-14/h3-7,13H,8-12H2,1-2H3,(H2,20,21,22,24). The summed E-state index contributed by atoms with van der Waals surface area (Å²) in [5.41, 5.74) is 2.93. The van der Waals surface area contributed by atoms with Gasteiger partial charge in [-0.3, -0.25) is 14.7 Å². The number of nitrogens with zero attached hydrogens (tertiary/aromatic N) is 2. The molecule has 132 valence electrons. The van der Waals surface area contributed by atoms with Crippen molar-refractivity contribution in [3.8, 4) is 0 Å². The summed E-state index contributed by atoms with van der Waals surface area (Å²) in [6, 6.07) is 9.74. The number of carbonyl (C=O) groups is 2. The number of rotatable bonds is 5. The van der Waals surface area contributed by atoms with Crippen molar-refractivity contribution in [3.05, 3.63) is 47.2 Å². The van der Waals surface area contributed by atoms with Gasteiger partial charge in [-0.15, -0.1) is 0 Å². The van der Waals surface area contributed by atoms with Gasteiger partial charge in [-0.25, -0.2) is 0 Å². The van der Waals surface area contributed by atoms with Crippen molar-refractivity contribution in [2.45, 2.75) is 39.7 Å². The Kier molecular flexibility index (Phi) is 5.16. The van der Waals surface area contributed by atoms with Crippen LogP contribution in [0, 0.1) is 5.92 Å². The van der Waals surface area contributed by atoms with Crippen LogP contribution in [0.3, 0.4) is 0 Å². The fraction of sp³-hybridized carbons (Fsp3) is 0.421. The number of amides is 2. The lowest BCUT2D eigenvalue weighted by molar-refractivity contribution is -0.131. The minimum Gasteiger partial charge on any atom is -0.337 e. The van der Waals surface area contributed by atoms with Gasteiger partial charge >= 0.3 is 0 Å². The smallest absolute Gasteiger partial charge is 0.227 e. The molecule has 2 N–H and O–H groups in total. The zero-order chi connectivity index (χ0) is 17.8. The van der Waals surface area contributed by atoms with Gasteiger partial charge in [-0.05, 0) is 11.5 Å². The van der Waals surface area contributed by atoms with Gasteiger partial charge < -0.3 is 10.2 Å². The maximum atomic E-state index is 12.6. The quantitative estimate of drug-likeness (QED) is 0.878. The molecule has 2 amide bonds. The third kappa shape index (κ3) is 4.26. The number of benzene rings is 1. The predicted octanol–water partition coefficient (Wildman–Crippen LogP) is 2.52. The summed E-state index contributed by atoms with van der Waals surface area (Å²) in [5.74, 6) is 0.895. The normalized spacial score (nSPS) is 13.6. The van der Waals surface area contributed by atoms with Crippen LogP contribution >= 0.6 is 0 Å². The molecule has 3 rings (SSSR count). The van der Waals surface area contributed by atoms with Gasteiger partial charge in [-0.2, -0.15) is 5.10 Å². The molecular formula is C19H24N4O2. The summed E-state index contributed by atoms with van der Waals surface area (Å²) in [7, 11) is 0. The van der Waals surface area contributed by atoms with E-state index in [4.69, 9.17) is 0 Å². The monoisotopic (exact) mass is 340 g/mol. The van der Waals surface area contributed by atoms with E-state index in [0.717, 1.165) is 23.2 Å². The van der Waals surface area contributed by atoms with E-state index < -0.39 is 0 Å². The molecule has 0 spiro atoms. The zero-order valence-electron chi connectivity index (χ0n) is 14.7. The van der Waals surface area contributed by atoms with Crippen molar-refractivity contribution in [1.82, 2.24) is 15.1 Å². The Morgan fingerprint density at radius 1 is 1.28 bits per heavy atom. The van der Waals surface area contributed by atoms with Crippen LogP contribution in [-0.2, 0) is 29.0 Å². The SMILES string of the molecule is CC(C)CC(=O)Nc1n[nH]c2c1CN(C(=O)Cc1ccccc1)CC2. The number of fused-ring (bicyclic) bond motifs is 1.